The van der Waals surface area contributed by atoms with Crippen molar-refractivity contribution in [1.82, 2.24) is 0 Å². The first-order valence-electron chi connectivity index (χ1n) is 6.08. The Bertz CT molecular complexity index is 484. The molecule has 0 aliphatic carbocycles. The molecule has 1 aromatic carbocycles. The molecule has 0 amide bonds. The van der Waals surface area contributed by atoms with Gasteiger partial charge in [0.1, 0.15) is 0 Å². The first kappa shape index (κ1) is 15.2. The predicted octanol–water partition coefficient (Wildman–Crippen LogP) is 3.40. The zero-order valence-corrected chi connectivity index (χ0v) is 11.7. The molecular weight excluding hydrogens is 240 g/mol. The Hall–Kier alpha value is -1.89. The van der Waals surface area contributed by atoms with Crippen LogP contribution in [0.4, 0.5) is 0 Å². The van der Waals surface area contributed by atoms with Crippen LogP contribution in [0.25, 0.3) is 0 Å². The topological polar surface area (TPSA) is 66.9 Å². The highest BCUT2D eigenvalue weighted by atomic mass is 16.6. The minimum Gasteiger partial charge on any atom is -0.264 e. The van der Waals surface area contributed by atoms with E-state index in [9.17, 15) is 10.1 Å². The summed E-state index contributed by atoms with van der Waals surface area (Å²) < 4.78 is 0. The third kappa shape index (κ3) is 3.54. The molecule has 0 saturated carbocycles. The summed E-state index contributed by atoms with van der Waals surface area (Å²) in [5, 5.41) is 20.0. The zero-order valence-electron chi connectivity index (χ0n) is 11.7. The number of nitro groups is 1. The average molecular weight is 258 g/mol. The van der Waals surface area contributed by atoms with Crippen molar-refractivity contribution in [2.45, 2.75) is 33.7 Å². The quantitative estimate of drug-likeness (QED) is 0.600. The van der Waals surface area contributed by atoms with E-state index in [0.717, 1.165) is 11.5 Å². The molecule has 4 heteroatoms. The number of hydrogen-bond acceptors (Lipinski definition) is 3. The van der Waals surface area contributed by atoms with E-state index in [1.807, 2.05) is 33.8 Å². The molecule has 0 N–H and O–H groups in total. The van der Waals surface area contributed by atoms with E-state index in [-0.39, 0.29) is 4.92 Å². The summed E-state index contributed by atoms with van der Waals surface area (Å²) in [6.07, 6.45) is 1.65. The first-order chi connectivity index (χ1) is 8.78. The second-order valence-corrected chi connectivity index (χ2v) is 5.35. The number of benzene rings is 1. The summed E-state index contributed by atoms with van der Waals surface area (Å²) in [6.45, 7) is 7.55. The molecule has 0 aromatic heterocycles. The van der Waals surface area contributed by atoms with Crippen LogP contribution >= 0.6 is 0 Å². The van der Waals surface area contributed by atoms with E-state index in [2.05, 4.69) is 0 Å². The van der Waals surface area contributed by atoms with Crippen LogP contribution in [0.2, 0.25) is 0 Å². The Morgan fingerprint density at radius 1 is 1.37 bits per heavy atom. The summed E-state index contributed by atoms with van der Waals surface area (Å²) in [5.74, 6) is 1.01. The van der Waals surface area contributed by atoms with Gasteiger partial charge in [0.2, 0.25) is 6.04 Å². The number of hydrogen-bond donors (Lipinski definition) is 0. The Kier molecular flexibility index (Phi) is 4.66. The zero-order chi connectivity index (χ0) is 14.6. The van der Waals surface area contributed by atoms with Crippen molar-refractivity contribution in [2.75, 3.05) is 0 Å². The van der Waals surface area contributed by atoms with E-state index in [0.29, 0.717) is 5.56 Å². The summed E-state index contributed by atoms with van der Waals surface area (Å²) >= 11 is 0. The molecule has 0 aliphatic heterocycles. The van der Waals surface area contributed by atoms with Crippen molar-refractivity contribution >= 4 is 0 Å². The standard InChI is InChI=1S/C15H18N2O2/c1-11(2)15(3,4)14(17(18)19)9-12-5-7-13(10-16)8-6-12/h5-9,14H,1-4H3. The lowest BCUT2D eigenvalue weighted by atomic mass is 9.73. The molecule has 0 aliphatic rings. The fraction of sp³-hybridized carbons (Fsp3) is 0.400. The van der Waals surface area contributed by atoms with Crippen LogP contribution in [0, 0.1) is 39.2 Å². The third-order valence-corrected chi connectivity index (χ3v) is 3.65. The van der Waals surface area contributed by atoms with E-state index in [4.69, 9.17) is 5.26 Å². The molecule has 0 saturated heterocycles. The minimum atomic E-state index is -0.787. The van der Waals surface area contributed by atoms with Gasteiger partial charge in [0.15, 0.2) is 0 Å². The number of nitriles is 1. The van der Waals surface area contributed by atoms with Gasteiger partial charge in [-0.2, -0.15) is 5.26 Å². The van der Waals surface area contributed by atoms with Crippen LogP contribution in [0.15, 0.2) is 24.3 Å². The SMILES string of the molecule is C[C](C)C(C)(C)C([CH]c1ccc(C#N)cc1)[N+](=O)[O-]. The monoisotopic (exact) mass is 258 g/mol. The highest BCUT2D eigenvalue weighted by molar-refractivity contribution is 5.35. The molecule has 100 valence electrons. The normalized spacial score (nSPS) is 13.1. The van der Waals surface area contributed by atoms with Crippen LogP contribution in [0.1, 0.15) is 38.8 Å². The lowest BCUT2D eigenvalue weighted by molar-refractivity contribution is -0.529. The van der Waals surface area contributed by atoms with Crippen LogP contribution in [-0.2, 0) is 0 Å². The molecule has 1 atom stereocenters. The lowest BCUT2D eigenvalue weighted by Gasteiger charge is -2.31. The van der Waals surface area contributed by atoms with Gasteiger partial charge >= 0.3 is 0 Å². The minimum absolute atomic E-state index is 0.259. The molecule has 0 heterocycles. The van der Waals surface area contributed by atoms with Crippen LogP contribution < -0.4 is 0 Å². The second-order valence-electron chi connectivity index (χ2n) is 5.35. The van der Waals surface area contributed by atoms with Crippen molar-refractivity contribution in [3.05, 3.63) is 57.8 Å². The molecule has 1 unspecified atom stereocenters. The molecular formula is C15H18N2O2. The van der Waals surface area contributed by atoms with Gasteiger partial charge in [0, 0.05) is 10.3 Å². The van der Waals surface area contributed by atoms with Crippen molar-refractivity contribution < 1.29 is 4.92 Å². The van der Waals surface area contributed by atoms with E-state index in [1.54, 1.807) is 30.7 Å². The highest BCUT2D eigenvalue weighted by Gasteiger charge is 2.41. The predicted molar refractivity (Wildman–Crippen MR) is 73.7 cm³/mol. The molecule has 1 aromatic rings. The van der Waals surface area contributed by atoms with Gasteiger partial charge in [-0.05, 0) is 23.6 Å². The molecule has 0 spiro atoms. The Morgan fingerprint density at radius 2 is 1.89 bits per heavy atom. The fourth-order valence-corrected chi connectivity index (χ4v) is 1.68. The third-order valence-electron chi connectivity index (χ3n) is 3.65. The maximum absolute atomic E-state index is 11.3. The van der Waals surface area contributed by atoms with Gasteiger partial charge in [0.05, 0.1) is 18.1 Å². The maximum atomic E-state index is 11.3. The Balaban J connectivity index is 2.97. The first-order valence-corrected chi connectivity index (χ1v) is 6.08. The van der Waals surface area contributed by atoms with Gasteiger partial charge < -0.3 is 0 Å². The molecule has 0 bridgehead atoms. The van der Waals surface area contributed by atoms with Crippen LogP contribution in [0.3, 0.4) is 0 Å². The number of nitrogens with zero attached hydrogens (tertiary/aromatic N) is 2. The summed E-state index contributed by atoms with van der Waals surface area (Å²) in [6, 6.07) is 8.03. The molecule has 0 fully saturated rings. The smallest absolute Gasteiger partial charge is 0.226 e. The van der Waals surface area contributed by atoms with Gasteiger partial charge in [-0.1, -0.05) is 39.8 Å². The largest absolute Gasteiger partial charge is 0.264 e. The maximum Gasteiger partial charge on any atom is 0.226 e. The summed E-state index contributed by atoms with van der Waals surface area (Å²) in [5.41, 5.74) is 0.791. The lowest BCUT2D eigenvalue weighted by Crippen LogP contribution is -2.39. The van der Waals surface area contributed by atoms with Crippen molar-refractivity contribution in [3.63, 3.8) is 0 Å². The van der Waals surface area contributed by atoms with Crippen molar-refractivity contribution in [2.24, 2.45) is 5.41 Å². The summed E-state index contributed by atoms with van der Waals surface area (Å²) in [7, 11) is 0. The molecule has 4 nitrogen and oxygen atoms in total. The van der Waals surface area contributed by atoms with E-state index >= 15 is 0 Å². The van der Waals surface area contributed by atoms with Gasteiger partial charge in [-0.15, -0.1) is 0 Å². The van der Waals surface area contributed by atoms with Crippen LogP contribution in [-0.4, -0.2) is 11.0 Å². The van der Waals surface area contributed by atoms with E-state index in [1.165, 1.54) is 0 Å². The summed E-state index contributed by atoms with van der Waals surface area (Å²) in [4.78, 5) is 11.0. The van der Waals surface area contributed by atoms with Crippen molar-refractivity contribution in [3.8, 4) is 6.07 Å². The molecule has 2 radical (unpaired) electrons. The number of rotatable bonds is 5. The fourth-order valence-electron chi connectivity index (χ4n) is 1.68. The average Bonchev–Trinajstić information content (AvgIpc) is 2.35. The Morgan fingerprint density at radius 3 is 2.26 bits per heavy atom. The highest BCUT2D eigenvalue weighted by Crippen LogP contribution is 2.35. The van der Waals surface area contributed by atoms with Gasteiger partial charge in [-0.25, -0.2) is 0 Å². The van der Waals surface area contributed by atoms with Gasteiger partial charge in [-0.3, -0.25) is 10.1 Å². The van der Waals surface area contributed by atoms with E-state index < -0.39 is 11.5 Å². The van der Waals surface area contributed by atoms with Gasteiger partial charge in [0.25, 0.3) is 0 Å². The second kappa shape index (κ2) is 5.83. The molecule has 1 rings (SSSR count). The van der Waals surface area contributed by atoms with Crippen LogP contribution in [0.5, 0.6) is 0 Å². The molecule has 19 heavy (non-hydrogen) atoms. The van der Waals surface area contributed by atoms with Crippen molar-refractivity contribution in [1.29, 1.82) is 5.26 Å². The Labute approximate surface area is 114 Å².